The molecule has 0 bridgehead atoms. The molecule has 5 nitrogen and oxygen atoms in total. The zero-order chi connectivity index (χ0) is 17.1. The van der Waals surface area contributed by atoms with E-state index in [0.29, 0.717) is 22.1 Å². The summed E-state index contributed by atoms with van der Waals surface area (Å²) in [6.45, 7) is 4.84. The van der Waals surface area contributed by atoms with Gasteiger partial charge in [0.25, 0.3) is 0 Å². The molecule has 1 aliphatic carbocycles. The van der Waals surface area contributed by atoms with Gasteiger partial charge < -0.3 is 15.1 Å². The fourth-order valence-electron chi connectivity index (χ4n) is 2.50. The smallest absolute Gasteiger partial charge is 0.182 e. The summed E-state index contributed by atoms with van der Waals surface area (Å²) in [6.07, 6.45) is 2.19. The lowest BCUT2D eigenvalue weighted by atomic mass is 10.1. The summed E-state index contributed by atoms with van der Waals surface area (Å²) in [5.74, 6) is 0.494. The Labute approximate surface area is 145 Å². The van der Waals surface area contributed by atoms with Crippen LogP contribution in [-0.2, 0) is 0 Å². The maximum atomic E-state index is 11.7. The van der Waals surface area contributed by atoms with Crippen LogP contribution in [0.25, 0.3) is 22.6 Å². The van der Waals surface area contributed by atoms with E-state index in [9.17, 15) is 4.79 Å². The van der Waals surface area contributed by atoms with Gasteiger partial charge in [0.15, 0.2) is 21.9 Å². The minimum absolute atomic E-state index is 0.0829. The van der Waals surface area contributed by atoms with Crippen molar-refractivity contribution in [3.63, 3.8) is 0 Å². The van der Waals surface area contributed by atoms with Crippen LogP contribution in [0.1, 0.15) is 25.3 Å². The van der Waals surface area contributed by atoms with Crippen molar-refractivity contribution in [2.24, 2.45) is 0 Å². The zero-order valence-corrected chi connectivity index (χ0v) is 14.5. The number of benzene rings is 2. The number of unbranched alkanes of at least 4 members (excludes halogenated alkanes) is 1. The fraction of sp³-hybridized carbons (Fsp3) is 0.278. The number of fused-ring (bicyclic) bond motifs is 2. The second-order valence-electron chi connectivity index (χ2n) is 5.72. The van der Waals surface area contributed by atoms with Crippen LogP contribution in [0.2, 0.25) is 0 Å². The molecule has 0 amide bonds. The molecule has 1 heterocycles. The number of aryl methyl sites for hydroxylation is 1. The third-order valence-corrected chi connectivity index (χ3v) is 3.97. The SMILES string of the molecule is CCCCNC(=S)Nc1ccc2nc3c(C)cc(=O)cc-3oc2c1. The maximum Gasteiger partial charge on any atom is 0.182 e. The second-order valence-corrected chi connectivity index (χ2v) is 6.13. The topological polar surface area (TPSA) is 67.2 Å². The van der Waals surface area contributed by atoms with Crippen molar-refractivity contribution in [2.45, 2.75) is 26.7 Å². The molecule has 0 atom stereocenters. The quantitative estimate of drug-likeness (QED) is 0.429. The van der Waals surface area contributed by atoms with E-state index in [4.69, 9.17) is 16.6 Å². The summed E-state index contributed by atoms with van der Waals surface area (Å²) in [6, 6.07) is 8.64. The molecule has 1 aliphatic heterocycles. The largest absolute Gasteiger partial charge is 0.453 e. The van der Waals surface area contributed by atoms with Gasteiger partial charge in [-0.2, -0.15) is 0 Å². The summed E-state index contributed by atoms with van der Waals surface area (Å²) in [5, 5.41) is 6.87. The van der Waals surface area contributed by atoms with Gasteiger partial charge in [-0.1, -0.05) is 13.3 Å². The van der Waals surface area contributed by atoms with Gasteiger partial charge in [-0.25, -0.2) is 4.98 Å². The Morgan fingerprint density at radius 2 is 2.12 bits per heavy atom. The highest BCUT2D eigenvalue weighted by atomic mass is 32.1. The van der Waals surface area contributed by atoms with Crippen molar-refractivity contribution < 1.29 is 4.42 Å². The molecule has 0 saturated carbocycles. The third kappa shape index (κ3) is 3.54. The van der Waals surface area contributed by atoms with Crippen LogP contribution >= 0.6 is 12.2 Å². The van der Waals surface area contributed by atoms with Gasteiger partial charge in [-0.05, 0) is 49.3 Å². The van der Waals surface area contributed by atoms with E-state index >= 15 is 0 Å². The monoisotopic (exact) mass is 341 g/mol. The predicted octanol–water partition coefficient (Wildman–Crippen LogP) is 3.69. The molecule has 2 aliphatic rings. The highest BCUT2D eigenvalue weighted by Gasteiger charge is 2.13. The van der Waals surface area contributed by atoms with Gasteiger partial charge in [-0.3, -0.25) is 4.79 Å². The Morgan fingerprint density at radius 3 is 2.92 bits per heavy atom. The Morgan fingerprint density at radius 1 is 1.29 bits per heavy atom. The molecule has 0 aromatic heterocycles. The van der Waals surface area contributed by atoms with E-state index in [-0.39, 0.29) is 5.43 Å². The number of nitrogens with one attached hydrogen (secondary N) is 2. The van der Waals surface area contributed by atoms with Crippen LogP contribution in [0.4, 0.5) is 5.69 Å². The molecule has 124 valence electrons. The van der Waals surface area contributed by atoms with Gasteiger partial charge in [0.05, 0.1) is 0 Å². The zero-order valence-electron chi connectivity index (χ0n) is 13.7. The van der Waals surface area contributed by atoms with E-state index < -0.39 is 0 Å². The first-order valence-corrected chi connectivity index (χ1v) is 8.38. The first kappa shape index (κ1) is 16.4. The lowest BCUT2D eigenvalue weighted by Gasteiger charge is -2.12. The average Bonchev–Trinajstić information content (AvgIpc) is 2.53. The van der Waals surface area contributed by atoms with Crippen LogP contribution in [0.5, 0.6) is 0 Å². The molecule has 1 aromatic rings. The van der Waals surface area contributed by atoms with Crippen LogP contribution in [-0.4, -0.2) is 16.6 Å². The number of thiocarbonyl (C=S) groups is 1. The molecule has 24 heavy (non-hydrogen) atoms. The Kier molecular flexibility index (Phi) is 4.76. The van der Waals surface area contributed by atoms with Crippen molar-refractivity contribution in [1.29, 1.82) is 0 Å². The van der Waals surface area contributed by atoms with Gasteiger partial charge in [0.2, 0.25) is 0 Å². The lowest BCUT2D eigenvalue weighted by Crippen LogP contribution is -2.29. The van der Waals surface area contributed by atoms with E-state index in [1.807, 2.05) is 25.1 Å². The van der Waals surface area contributed by atoms with Crippen molar-refractivity contribution in [3.8, 4) is 11.5 Å². The normalized spacial score (nSPS) is 10.9. The highest BCUT2D eigenvalue weighted by Crippen LogP contribution is 2.27. The highest BCUT2D eigenvalue weighted by molar-refractivity contribution is 7.80. The van der Waals surface area contributed by atoms with E-state index in [2.05, 4.69) is 22.5 Å². The molecular weight excluding hydrogens is 322 g/mol. The van der Waals surface area contributed by atoms with Crippen LogP contribution < -0.4 is 16.1 Å². The van der Waals surface area contributed by atoms with Crippen LogP contribution in [0.15, 0.2) is 39.5 Å². The second kappa shape index (κ2) is 6.97. The summed E-state index contributed by atoms with van der Waals surface area (Å²) >= 11 is 5.27. The summed E-state index contributed by atoms with van der Waals surface area (Å²) in [4.78, 5) is 16.2. The van der Waals surface area contributed by atoms with E-state index in [1.165, 1.54) is 6.07 Å². The number of anilines is 1. The fourth-order valence-corrected chi connectivity index (χ4v) is 2.72. The minimum Gasteiger partial charge on any atom is -0.453 e. The molecule has 0 spiro atoms. The van der Waals surface area contributed by atoms with Crippen molar-refractivity contribution in [2.75, 3.05) is 11.9 Å². The summed E-state index contributed by atoms with van der Waals surface area (Å²) in [7, 11) is 0. The van der Waals surface area contributed by atoms with Gasteiger partial charge >= 0.3 is 0 Å². The van der Waals surface area contributed by atoms with E-state index in [0.717, 1.165) is 36.2 Å². The molecule has 1 aromatic carbocycles. The van der Waals surface area contributed by atoms with Gasteiger partial charge in [-0.15, -0.1) is 0 Å². The summed E-state index contributed by atoms with van der Waals surface area (Å²) in [5.41, 5.74) is 3.59. The molecule has 2 N–H and O–H groups in total. The van der Waals surface area contributed by atoms with Crippen molar-refractivity contribution in [1.82, 2.24) is 10.3 Å². The Bertz CT molecular complexity index is 920. The van der Waals surface area contributed by atoms with E-state index in [1.54, 1.807) is 6.07 Å². The first-order chi connectivity index (χ1) is 11.6. The number of rotatable bonds is 4. The van der Waals surface area contributed by atoms with Crippen molar-refractivity contribution >= 4 is 34.1 Å². The molecule has 0 radical (unpaired) electrons. The van der Waals surface area contributed by atoms with Crippen LogP contribution in [0.3, 0.4) is 0 Å². The molecule has 6 heteroatoms. The minimum atomic E-state index is -0.0829. The molecule has 3 rings (SSSR count). The average molecular weight is 341 g/mol. The molecule has 0 unspecified atom stereocenters. The lowest BCUT2D eigenvalue weighted by molar-refractivity contribution is 0.612. The maximum absolute atomic E-state index is 11.7. The van der Waals surface area contributed by atoms with Gasteiger partial charge in [0, 0.05) is 24.4 Å². The molecular formula is C18H19N3O2S. The first-order valence-electron chi connectivity index (χ1n) is 7.97. The number of aromatic nitrogens is 1. The number of hydrogen-bond acceptors (Lipinski definition) is 4. The number of nitrogens with zero attached hydrogens (tertiary/aromatic N) is 1. The van der Waals surface area contributed by atoms with Gasteiger partial charge in [0.1, 0.15) is 11.2 Å². The third-order valence-electron chi connectivity index (χ3n) is 3.72. The Hall–Kier alpha value is -2.47. The standard InChI is InChI=1S/C18H19N3O2S/c1-3-4-7-19-18(24)20-12-5-6-14-15(9-12)23-16-10-13(22)8-11(2)17(16)21-14/h5-6,8-10H,3-4,7H2,1-2H3,(H2,19,20,24). The summed E-state index contributed by atoms with van der Waals surface area (Å²) < 4.78 is 5.86. The predicted molar refractivity (Wildman–Crippen MR) is 101 cm³/mol. The van der Waals surface area contributed by atoms with Crippen LogP contribution in [0, 0.1) is 6.92 Å². The Balaban J connectivity index is 1.91. The molecule has 0 fully saturated rings. The number of hydrogen-bond donors (Lipinski definition) is 2. The van der Waals surface area contributed by atoms with Crippen molar-refractivity contribution in [3.05, 3.63) is 46.1 Å². The molecule has 0 saturated heterocycles.